The average Bonchev–Trinajstić information content (AvgIpc) is 2.61. The van der Waals surface area contributed by atoms with E-state index >= 15 is 0 Å². The van der Waals surface area contributed by atoms with Crippen molar-refractivity contribution in [1.82, 2.24) is 10.2 Å². The van der Waals surface area contributed by atoms with Gasteiger partial charge in [-0.3, -0.25) is 9.89 Å². The SMILES string of the molecule is Cc1cc2[nH]ncc2cc1C#CC=O. The fourth-order valence-corrected chi connectivity index (χ4v) is 1.34. The lowest BCUT2D eigenvalue weighted by atomic mass is 10.1. The number of fused-ring (bicyclic) bond motifs is 1. The summed E-state index contributed by atoms with van der Waals surface area (Å²) in [5.74, 6) is 5.19. The number of aldehydes is 1. The number of hydrogen-bond donors (Lipinski definition) is 1. The third-order valence-corrected chi connectivity index (χ3v) is 2.05. The van der Waals surface area contributed by atoms with Gasteiger partial charge in [0.05, 0.1) is 11.7 Å². The van der Waals surface area contributed by atoms with Crippen molar-refractivity contribution in [1.29, 1.82) is 0 Å². The Morgan fingerprint density at radius 3 is 3.14 bits per heavy atom. The molecule has 2 aromatic rings. The van der Waals surface area contributed by atoms with Crippen LogP contribution in [-0.2, 0) is 4.79 Å². The zero-order valence-electron chi connectivity index (χ0n) is 7.66. The highest BCUT2D eigenvalue weighted by Crippen LogP contribution is 2.16. The van der Waals surface area contributed by atoms with Crippen molar-refractivity contribution in [2.24, 2.45) is 0 Å². The molecule has 0 radical (unpaired) electrons. The molecule has 0 atom stereocenters. The molecule has 0 fully saturated rings. The van der Waals surface area contributed by atoms with E-state index in [4.69, 9.17) is 0 Å². The van der Waals surface area contributed by atoms with Gasteiger partial charge in [0.1, 0.15) is 0 Å². The van der Waals surface area contributed by atoms with E-state index in [0.717, 1.165) is 22.0 Å². The van der Waals surface area contributed by atoms with Crippen LogP contribution in [0.4, 0.5) is 0 Å². The molecule has 1 N–H and O–H groups in total. The van der Waals surface area contributed by atoms with E-state index in [1.165, 1.54) is 0 Å². The van der Waals surface area contributed by atoms with Crippen molar-refractivity contribution in [3.63, 3.8) is 0 Å². The number of benzene rings is 1. The number of carbonyl (C=O) groups is 1. The van der Waals surface area contributed by atoms with Crippen LogP contribution in [0.5, 0.6) is 0 Å². The van der Waals surface area contributed by atoms with Crippen LogP contribution in [0.25, 0.3) is 10.9 Å². The molecule has 0 saturated carbocycles. The van der Waals surface area contributed by atoms with Crippen molar-refractivity contribution >= 4 is 17.2 Å². The summed E-state index contributed by atoms with van der Waals surface area (Å²) < 4.78 is 0. The Morgan fingerprint density at radius 2 is 2.36 bits per heavy atom. The molecule has 0 saturated heterocycles. The average molecular weight is 184 g/mol. The monoisotopic (exact) mass is 184 g/mol. The quantitative estimate of drug-likeness (QED) is 0.497. The predicted octanol–water partition coefficient (Wildman–Crippen LogP) is 1.42. The summed E-state index contributed by atoms with van der Waals surface area (Å²) in [6.07, 6.45) is 2.33. The van der Waals surface area contributed by atoms with Crippen LogP contribution < -0.4 is 0 Å². The van der Waals surface area contributed by atoms with Crippen LogP contribution in [-0.4, -0.2) is 16.5 Å². The summed E-state index contributed by atoms with van der Waals surface area (Å²) >= 11 is 0. The van der Waals surface area contributed by atoms with Gasteiger partial charge in [-0.05, 0) is 30.5 Å². The number of carbonyl (C=O) groups excluding carboxylic acids is 1. The number of nitrogens with zero attached hydrogens (tertiary/aromatic N) is 1. The summed E-state index contributed by atoms with van der Waals surface area (Å²) in [6.45, 7) is 1.95. The van der Waals surface area contributed by atoms with Gasteiger partial charge in [-0.1, -0.05) is 5.92 Å². The van der Waals surface area contributed by atoms with Crippen LogP contribution >= 0.6 is 0 Å². The molecule has 0 spiro atoms. The Bertz CT molecular complexity index is 543. The molecule has 2 rings (SSSR count). The normalized spacial score (nSPS) is 9.50. The summed E-state index contributed by atoms with van der Waals surface area (Å²) in [5, 5.41) is 7.80. The van der Waals surface area contributed by atoms with Gasteiger partial charge in [0.15, 0.2) is 6.29 Å². The second-order valence-corrected chi connectivity index (χ2v) is 3.01. The Labute approximate surface area is 81.1 Å². The number of aromatic amines is 1. The first-order valence-corrected chi connectivity index (χ1v) is 4.20. The van der Waals surface area contributed by atoms with Gasteiger partial charge in [-0.25, -0.2) is 0 Å². The maximum atomic E-state index is 10.1. The standard InChI is InChI=1S/C11H8N2O/c1-8-5-11-10(7-12-13-11)6-9(8)3-2-4-14/h4-7H,1H3,(H,12,13). The number of nitrogens with one attached hydrogen (secondary N) is 1. The van der Waals surface area contributed by atoms with Crippen molar-refractivity contribution in [3.8, 4) is 11.8 Å². The molecule has 1 aromatic carbocycles. The lowest BCUT2D eigenvalue weighted by Crippen LogP contribution is -1.82. The maximum Gasteiger partial charge on any atom is 0.193 e. The Hall–Kier alpha value is -2.08. The Kier molecular flexibility index (Phi) is 2.04. The summed E-state index contributed by atoms with van der Waals surface area (Å²) in [5.41, 5.74) is 2.89. The molecule has 0 aliphatic rings. The number of aryl methyl sites for hydroxylation is 1. The highest BCUT2D eigenvalue weighted by molar-refractivity contribution is 5.82. The lowest BCUT2D eigenvalue weighted by Gasteiger charge is -1.97. The van der Waals surface area contributed by atoms with Gasteiger partial charge in [-0.2, -0.15) is 5.10 Å². The number of rotatable bonds is 0. The van der Waals surface area contributed by atoms with Gasteiger partial charge in [-0.15, -0.1) is 0 Å². The van der Waals surface area contributed by atoms with Crippen molar-refractivity contribution < 1.29 is 4.79 Å². The van der Waals surface area contributed by atoms with E-state index in [2.05, 4.69) is 22.0 Å². The Morgan fingerprint density at radius 1 is 1.50 bits per heavy atom. The molecule has 3 nitrogen and oxygen atoms in total. The molecule has 0 unspecified atom stereocenters. The van der Waals surface area contributed by atoms with E-state index in [9.17, 15) is 4.79 Å². The zero-order valence-corrected chi connectivity index (χ0v) is 7.66. The smallest absolute Gasteiger partial charge is 0.193 e. The third kappa shape index (κ3) is 1.38. The second-order valence-electron chi connectivity index (χ2n) is 3.01. The topological polar surface area (TPSA) is 45.8 Å². The zero-order chi connectivity index (χ0) is 9.97. The lowest BCUT2D eigenvalue weighted by molar-refractivity contribution is -0.103. The van der Waals surface area contributed by atoms with E-state index in [0.29, 0.717) is 6.29 Å². The van der Waals surface area contributed by atoms with Crippen LogP contribution in [0, 0.1) is 18.8 Å². The molecule has 0 aliphatic carbocycles. The highest BCUT2D eigenvalue weighted by atomic mass is 16.1. The minimum atomic E-state index is 0.596. The minimum Gasteiger partial charge on any atom is -0.289 e. The molecule has 0 amide bonds. The summed E-state index contributed by atoms with van der Waals surface area (Å²) in [4.78, 5) is 10.1. The van der Waals surface area contributed by atoms with Crippen molar-refractivity contribution in [2.45, 2.75) is 6.92 Å². The van der Waals surface area contributed by atoms with Crippen molar-refractivity contribution in [3.05, 3.63) is 29.5 Å². The maximum absolute atomic E-state index is 10.1. The molecule has 14 heavy (non-hydrogen) atoms. The van der Waals surface area contributed by atoms with Crippen molar-refractivity contribution in [2.75, 3.05) is 0 Å². The first kappa shape index (κ1) is 8.52. The molecule has 3 heteroatoms. The molecule has 1 aromatic heterocycles. The van der Waals surface area contributed by atoms with Crippen LogP contribution in [0.1, 0.15) is 11.1 Å². The molecule has 1 heterocycles. The number of aromatic nitrogens is 2. The molecule has 0 bridgehead atoms. The Balaban J connectivity index is 2.64. The molecule has 68 valence electrons. The van der Waals surface area contributed by atoms with Gasteiger partial charge < -0.3 is 0 Å². The fraction of sp³-hybridized carbons (Fsp3) is 0.0909. The van der Waals surface area contributed by atoms with Gasteiger partial charge >= 0.3 is 0 Å². The minimum absolute atomic E-state index is 0.596. The van der Waals surface area contributed by atoms with E-state index < -0.39 is 0 Å². The highest BCUT2D eigenvalue weighted by Gasteiger charge is 1.99. The van der Waals surface area contributed by atoms with E-state index in [1.54, 1.807) is 6.20 Å². The molecular weight excluding hydrogens is 176 g/mol. The summed E-state index contributed by atoms with van der Waals surface area (Å²) in [7, 11) is 0. The third-order valence-electron chi connectivity index (χ3n) is 2.05. The molecular formula is C11H8N2O. The fourth-order valence-electron chi connectivity index (χ4n) is 1.34. The predicted molar refractivity (Wildman–Crippen MR) is 53.8 cm³/mol. The van der Waals surface area contributed by atoms with Gasteiger partial charge in [0, 0.05) is 10.9 Å². The largest absolute Gasteiger partial charge is 0.289 e. The van der Waals surface area contributed by atoms with Crippen LogP contribution in [0.3, 0.4) is 0 Å². The van der Waals surface area contributed by atoms with E-state index in [-0.39, 0.29) is 0 Å². The van der Waals surface area contributed by atoms with Crippen LogP contribution in [0.2, 0.25) is 0 Å². The molecule has 0 aliphatic heterocycles. The van der Waals surface area contributed by atoms with E-state index in [1.807, 2.05) is 19.1 Å². The first-order chi connectivity index (χ1) is 6.81. The second kappa shape index (κ2) is 3.35. The number of hydrogen-bond acceptors (Lipinski definition) is 2. The first-order valence-electron chi connectivity index (χ1n) is 4.20. The van der Waals surface area contributed by atoms with Crippen LogP contribution in [0.15, 0.2) is 18.3 Å². The summed E-state index contributed by atoms with van der Waals surface area (Å²) in [6, 6.07) is 3.89. The van der Waals surface area contributed by atoms with Gasteiger partial charge in [0.2, 0.25) is 0 Å². The number of H-pyrrole nitrogens is 1. The van der Waals surface area contributed by atoms with Gasteiger partial charge in [0.25, 0.3) is 0 Å².